The molecule has 106 valence electrons. The number of anilines is 2. The van der Waals surface area contributed by atoms with E-state index in [4.69, 9.17) is 0 Å². The van der Waals surface area contributed by atoms with E-state index in [1.165, 1.54) is 11.5 Å². The van der Waals surface area contributed by atoms with Gasteiger partial charge >= 0.3 is 0 Å². The summed E-state index contributed by atoms with van der Waals surface area (Å²) in [6.45, 7) is 3.70. The summed E-state index contributed by atoms with van der Waals surface area (Å²) in [6.07, 6.45) is 1.62. The van der Waals surface area contributed by atoms with E-state index in [-0.39, 0.29) is 5.82 Å². The third-order valence-corrected chi connectivity index (χ3v) is 4.63. The smallest absolute Gasteiger partial charge is 0.197 e. The third kappa shape index (κ3) is 2.00. The summed E-state index contributed by atoms with van der Waals surface area (Å²) in [7, 11) is -3.34. The van der Waals surface area contributed by atoms with Crippen LogP contribution in [0.25, 0.3) is 0 Å². The lowest BCUT2D eigenvalue weighted by molar-refractivity contribution is 0.613. The third-order valence-electron chi connectivity index (χ3n) is 3.50. The Hall–Kier alpha value is -1.82. The van der Waals surface area contributed by atoms with Gasteiger partial charge in [-0.05, 0) is 25.0 Å². The normalized spacial score (nSPS) is 18.4. The summed E-state index contributed by atoms with van der Waals surface area (Å²) in [4.78, 5) is 0. The van der Waals surface area contributed by atoms with Gasteiger partial charge in [-0.25, -0.2) is 12.8 Å². The molecule has 0 spiro atoms. The maximum absolute atomic E-state index is 14.0. The molecule has 0 saturated carbocycles. The Morgan fingerprint density at radius 3 is 2.35 bits per heavy atom. The Morgan fingerprint density at radius 2 is 1.75 bits per heavy atom. The van der Waals surface area contributed by atoms with Gasteiger partial charge in [-0.2, -0.15) is 0 Å². The van der Waals surface area contributed by atoms with E-state index in [1.54, 1.807) is 6.92 Å². The molecule has 0 bridgehead atoms. The Labute approximate surface area is 117 Å². The first-order valence-electron chi connectivity index (χ1n) is 6.46. The van der Waals surface area contributed by atoms with Gasteiger partial charge in [-0.3, -0.25) is 0 Å². The highest BCUT2D eigenvalue weighted by Crippen LogP contribution is 2.41. The molecule has 0 fully saturated rings. The van der Waals surface area contributed by atoms with Crippen LogP contribution < -0.4 is 10.6 Å². The predicted octanol–water partition coefficient (Wildman–Crippen LogP) is 3.04. The summed E-state index contributed by atoms with van der Waals surface area (Å²) in [6, 6.07) is 1.52. The molecule has 2 N–H and O–H groups in total. The van der Waals surface area contributed by atoms with Crippen LogP contribution in [0.1, 0.15) is 24.5 Å². The van der Waals surface area contributed by atoms with E-state index >= 15 is 0 Å². The summed E-state index contributed by atoms with van der Waals surface area (Å²) >= 11 is 0. The number of halogens is 1. The lowest BCUT2D eigenvalue weighted by atomic mass is 10.00. The monoisotopic (exact) mass is 294 g/mol. The molecular weight excluding hydrogens is 279 g/mol. The van der Waals surface area contributed by atoms with E-state index in [2.05, 4.69) is 10.6 Å². The Balaban J connectivity index is 2.18. The minimum Gasteiger partial charge on any atom is -0.351 e. The lowest BCUT2D eigenvalue weighted by Gasteiger charge is -2.27. The summed E-state index contributed by atoms with van der Waals surface area (Å²) in [5, 5.41) is 8.50. The first kappa shape index (κ1) is 13.2. The second-order valence-corrected chi connectivity index (χ2v) is 6.69. The number of benzene rings is 1. The van der Waals surface area contributed by atoms with Gasteiger partial charge in [0.05, 0.1) is 33.6 Å². The molecule has 0 aromatic heterocycles. The molecule has 6 heteroatoms. The van der Waals surface area contributed by atoms with Gasteiger partial charge in [-0.1, -0.05) is 13.3 Å². The molecule has 0 amide bonds. The minimum atomic E-state index is -3.34. The van der Waals surface area contributed by atoms with Crippen molar-refractivity contribution in [3.05, 3.63) is 45.2 Å². The van der Waals surface area contributed by atoms with E-state index in [9.17, 15) is 12.8 Å². The van der Waals surface area contributed by atoms with Crippen LogP contribution in [0.2, 0.25) is 0 Å². The van der Waals surface area contributed by atoms with Crippen LogP contribution in [-0.4, -0.2) is 8.42 Å². The van der Waals surface area contributed by atoms with E-state index < -0.39 is 9.84 Å². The summed E-state index contributed by atoms with van der Waals surface area (Å²) in [5.74, 6) is -0.282. The fraction of sp³-hybridized carbons (Fsp3) is 0.286. The standard InChI is InChI=1S/C14H15FN2O2S/c1-3-4-9-5-10(15)8(2)13-14(9)17-12-7-20(18,19)6-11(12)16-13/h5-7,16-17H,3-4H2,1-2H3. The molecule has 2 aliphatic rings. The van der Waals surface area contributed by atoms with E-state index in [0.717, 1.165) is 29.5 Å². The van der Waals surface area contributed by atoms with Gasteiger partial charge in [0.25, 0.3) is 0 Å². The molecule has 0 aliphatic carbocycles. The number of sulfone groups is 1. The fourth-order valence-electron chi connectivity index (χ4n) is 2.52. The number of fused-ring (bicyclic) bond motifs is 2. The summed E-state index contributed by atoms with van der Waals surface area (Å²) in [5.41, 5.74) is 3.70. The number of hydrogen-bond acceptors (Lipinski definition) is 4. The van der Waals surface area contributed by atoms with Gasteiger partial charge in [0.15, 0.2) is 9.84 Å². The second kappa shape index (κ2) is 4.34. The largest absolute Gasteiger partial charge is 0.351 e. The van der Waals surface area contributed by atoms with Crippen LogP contribution in [0.3, 0.4) is 0 Å². The average molecular weight is 294 g/mol. The van der Waals surface area contributed by atoms with Gasteiger partial charge < -0.3 is 10.6 Å². The quantitative estimate of drug-likeness (QED) is 0.880. The molecule has 4 nitrogen and oxygen atoms in total. The molecule has 0 atom stereocenters. The fourth-order valence-corrected chi connectivity index (χ4v) is 3.62. The zero-order chi connectivity index (χ0) is 14.5. The van der Waals surface area contributed by atoms with Crippen molar-refractivity contribution >= 4 is 21.2 Å². The lowest BCUT2D eigenvalue weighted by Crippen LogP contribution is -2.18. The van der Waals surface area contributed by atoms with E-state index in [1.807, 2.05) is 6.92 Å². The molecular formula is C14H15FN2O2S. The minimum absolute atomic E-state index is 0.282. The van der Waals surface area contributed by atoms with E-state index in [0.29, 0.717) is 22.6 Å². The van der Waals surface area contributed by atoms with Crippen molar-refractivity contribution in [1.82, 2.24) is 0 Å². The average Bonchev–Trinajstić information content (AvgIpc) is 2.67. The predicted molar refractivity (Wildman–Crippen MR) is 77.5 cm³/mol. The highest BCUT2D eigenvalue weighted by atomic mass is 32.2. The van der Waals surface area contributed by atoms with Crippen molar-refractivity contribution < 1.29 is 12.8 Å². The number of rotatable bonds is 2. The first-order valence-corrected chi connectivity index (χ1v) is 8.07. The molecule has 0 unspecified atom stereocenters. The first-order chi connectivity index (χ1) is 9.41. The number of nitrogens with one attached hydrogen (secondary N) is 2. The van der Waals surface area contributed by atoms with Crippen molar-refractivity contribution in [2.45, 2.75) is 26.7 Å². The Kier molecular flexibility index (Phi) is 2.86. The SMILES string of the molecule is CCCc1cc(F)c(C)c2c1NC1=CS(=O)(=O)C=C1N2. The zero-order valence-corrected chi connectivity index (χ0v) is 12.1. The molecule has 3 rings (SSSR count). The topological polar surface area (TPSA) is 58.2 Å². The highest BCUT2D eigenvalue weighted by Gasteiger charge is 2.28. The second-order valence-electron chi connectivity index (χ2n) is 5.04. The van der Waals surface area contributed by atoms with Crippen LogP contribution in [0.4, 0.5) is 15.8 Å². The van der Waals surface area contributed by atoms with Gasteiger partial charge in [-0.15, -0.1) is 0 Å². The van der Waals surface area contributed by atoms with Crippen LogP contribution >= 0.6 is 0 Å². The molecule has 1 aromatic rings. The van der Waals surface area contributed by atoms with Crippen molar-refractivity contribution in [2.24, 2.45) is 0 Å². The molecule has 0 radical (unpaired) electrons. The van der Waals surface area contributed by atoms with Crippen molar-refractivity contribution in [1.29, 1.82) is 0 Å². The molecule has 2 heterocycles. The molecule has 1 aromatic carbocycles. The zero-order valence-electron chi connectivity index (χ0n) is 11.2. The van der Waals surface area contributed by atoms with Gasteiger partial charge in [0.2, 0.25) is 0 Å². The maximum Gasteiger partial charge on any atom is 0.197 e. The van der Waals surface area contributed by atoms with Crippen molar-refractivity contribution in [3.8, 4) is 0 Å². The van der Waals surface area contributed by atoms with Crippen LogP contribution in [0.15, 0.2) is 28.3 Å². The summed E-state index contributed by atoms with van der Waals surface area (Å²) < 4.78 is 37.2. The van der Waals surface area contributed by atoms with Gasteiger partial charge in [0.1, 0.15) is 5.82 Å². The highest BCUT2D eigenvalue weighted by molar-refractivity contribution is 7.97. The maximum atomic E-state index is 14.0. The Bertz CT molecular complexity index is 764. The number of hydrogen-bond donors (Lipinski definition) is 2. The van der Waals surface area contributed by atoms with Crippen molar-refractivity contribution in [2.75, 3.05) is 10.6 Å². The number of aryl methyl sites for hydroxylation is 1. The van der Waals surface area contributed by atoms with Crippen LogP contribution in [0.5, 0.6) is 0 Å². The van der Waals surface area contributed by atoms with Crippen LogP contribution in [0, 0.1) is 12.7 Å². The van der Waals surface area contributed by atoms with Gasteiger partial charge in [0, 0.05) is 5.56 Å². The van der Waals surface area contributed by atoms with Crippen molar-refractivity contribution in [3.63, 3.8) is 0 Å². The molecule has 0 saturated heterocycles. The molecule has 2 aliphatic heterocycles. The Morgan fingerprint density at radius 1 is 1.15 bits per heavy atom. The van der Waals surface area contributed by atoms with Crippen LogP contribution in [-0.2, 0) is 16.3 Å². The molecule has 20 heavy (non-hydrogen) atoms.